The Morgan fingerprint density at radius 2 is 1.46 bits per heavy atom. The average Bonchev–Trinajstić information content (AvgIpc) is 2.05. The summed E-state index contributed by atoms with van der Waals surface area (Å²) in [6.45, 7) is 8.84. The van der Waals surface area contributed by atoms with E-state index in [0.29, 0.717) is 112 Å². The molecule has 6 aromatic rings. The van der Waals surface area contributed by atoms with Gasteiger partial charge in [0.25, 0.3) is 6.43 Å². The lowest BCUT2D eigenvalue weighted by Gasteiger charge is -2.34. The number of ether oxygens (including phenoxy) is 5. The number of rotatable bonds is 37. The number of nitrogens with zero attached hydrogens (tertiary/aromatic N) is 8. The second-order valence-electron chi connectivity index (χ2n) is 22.7. The minimum atomic E-state index is -2.90. The Kier molecular flexibility index (Phi) is 27.6. The number of anilines is 2. The van der Waals surface area contributed by atoms with Crippen molar-refractivity contribution in [3.05, 3.63) is 147 Å². The average molecular weight is 1300 g/mol. The van der Waals surface area contributed by atoms with E-state index in [2.05, 4.69) is 41.0 Å². The molecule has 492 valence electrons. The van der Waals surface area contributed by atoms with E-state index in [-0.39, 0.29) is 62.2 Å². The van der Waals surface area contributed by atoms with Crippen molar-refractivity contribution < 1.29 is 60.4 Å². The maximum absolute atomic E-state index is 14.5. The Balaban J connectivity index is 0.632. The van der Waals surface area contributed by atoms with E-state index in [1.54, 1.807) is 58.6 Å². The standard InChI is InChI=1S/C65H82ClF4N11O9S/c1-77(30-34-87-37-36-86-33-23-54-45-80(76-75-54)31-35-88-38-39-90-57-19-15-53(16-20-57)72-63(85)74-64-73-55(46-91-64)41-59(83)79-28-26-78(2)27-29-79)25-3-4-32-89-56-17-10-47(11-18-56)12-21-58(82)81(44-49-22-24-65(69,70)42-49)60(50-6-5-7-51(40-50)61(67)68)62(84)71-43-48-8-13-52(66)14-9-48/h5-11,13-20,40,45-46,49,60-61H,3-4,12,21-39,41-44H2,1-2H3,(H,71,84)(H2,72,73,74,85). The highest BCUT2D eigenvalue weighted by Crippen LogP contribution is 2.40. The Morgan fingerprint density at radius 1 is 0.769 bits per heavy atom. The Labute approximate surface area is 537 Å². The molecule has 26 heteroatoms. The summed E-state index contributed by atoms with van der Waals surface area (Å²) in [5.74, 6) is -3.22. The summed E-state index contributed by atoms with van der Waals surface area (Å²) < 4.78 is 87.7. The summed E-state index contributed by atoms with van der Waals surface area (Å²) in [4.78, 5) is 65.6. The van der Waals surface area contributed by atoms with E-state index < -0.39 is 48.6 Å². The van der Waals surface area contributed by atoms with E-state index in [4.69, 9.17) is 35.3 Å². The van der Waals surface area contributed by atoms with Gasteiger partial charge in [-0.05, 0) is 124 Å². The van der Waals surface area contributed by atoms with Crippen LogP contribution >= 0.6 is 22.9 Å². The second kappa shape index (κ2) is 36.1. The Hall–Kier alpha value is -7.26. The van der Waals surface area contributed by atoms with Gasteiger partial charge in [-0.1, -0.05) is 59.3 Å². The van der Waals surface area contributed by atoms with Gasteiger partial charge >= 0.3 is 6.03 Å². The molecule has 2 atom stereocenters. The zero-order chi connectivity index (χ0) is 64.4. The first-order valence-corrected chi connectivity index (χ1v) is 32.1. The summed E-state index contributed by atoms with van der Waals surface area (Å²) in [6.07, 6.45) is 1.22. The molecule has 0 bridgehead atoms. The SMILES string of the molecule is CN(CCCCOc1ccc(CCC(=O)N(CC2CCC(F)(F)C2)C(C(=O)NCc2ccc(Cl)cc2)c2cccc(C(F)F)c2)cc1)CCOCCOCCc1cn(CCOCCOc2ccc(NC(=O)Nc3nc(CC(=O)N4CCN(C)CC4)cs3)cc2)nn1. The molecule has 91 heavy (non-hydrogen) atoms. The molecule has 1 aliphatic heterocycles. The topological polar surface area (TPSA) is 207 Å². The molecule has 3 heterocycles. The number of piperazine rings is 1. The third-order valence-corrected chi connectivity index (χ3v) is 16.6. The van der Waals surface area contributed by atoms with Crippen LogP contribution in [0.2, 0.25) is 5.02 Å². The fourth-order valence-corrected chi connectivity index (χ4v) is 11.2. The number of aryl methyl sites for hydroxylation is 1. The van der Waals surface area contributed by atoms with Gasteiger partial charge < -0.3 is 53.9 Å². The Bertz CT molecular complexity index is 3200. The molecule has 3 N–H and O–H groups in total. The van der Waals surface area contributed by atoms with Crippen molar-refractivity contribution in [1.82, 2.24) is 44.9 Å². The van der Waals surface area contributed by atoms with Gasteiger partial charge in [-0.3, -0.25) is 19.7 Å². The fourth-order valence-electron chi connectivity index (χ4n) is 10.4. The monoisotopic (exact) mass is 1300 g/mol. The molecular weight excluding hydrogens is 1220 g/mol. The maximum Gasteiger partial charge on any atom is 0.325 e. The number of amides is 5. The minimum absolute atomic E-state index is 0.0368. The van der Waals surface area contributed by atoms with Gasteiger partial charge in [-0.2, -0.15) is 0 Å². The van der Waals surface area contributed by atoms with Crippen molar-refractivity contribution in [2.75, 3.05) is 123 Å². The number of nitrogens with one attached hydrogen (secondary N) is 3. The molecular formula is C65H82ClF4N11O9S. The largest absolute Gasteiger partial charge is 0.494 e. The number of carbonyl (C=O) groups is 4. The molecule has 1 saturated carbocycles. The first-order valence-electron chi connectivity index (χ1n) is 30.8. The lowest BCUT2D eigenvalue weighted by molar-refractivity contribution is -0.141. The smallest absolute Gasteiger partial charge is 0.325 e. The Morgan fingerprint density at radius 3 is 2.20 bits per heavy atom. The third-order valence-electron chi connectivity index (χ3n) is 15.6. The van der Waals surface area contributed by atoms with Crippen LogP contribution in [0.4, 0.5) is 33.2 Å². The molecule has 4 aromatic carbocycles. The normalized spacial score (nSPS) is 15.2. The second-order valence-corrected chi connectivity index (χ2v) is 24.0. The maximum atomic E-state index is 14.5. The number of urea groups is 1. The van der Waals surface area contributed by atoms with Crippen molar-refractivity contribution >= 4 is 57.5 Å². The number of likely N-dealkylation sites (N-methyl/N-ethyl adjacent to an activating group) is 2. The number of aromatic nitrogens is 4. The predicted octanol–water partition coefficient (Wildman–Crippen LogP) is 10.0. The highest BCUT2D eigenvalue weighted by Gasteiger charge is 2.42. The lowest BCUT2D eigenvalue weighted by Crippen LogP contribution is -2.47. The number of hydrogen-bond acceptors (Lipinski definition) is 15. The number of halogens is 5. The molecule has 2 aliphatic rings. The van der Waals surface area contributed by atoms with Gasteiger partial charge in [-0.25, -0.2) is 32.0 Å². The van der Waals surface area contributed by atoms with Gasteiger partial charge in [0.2, 0.25) is 23.6 Å². The minimum Gasteiger partial charge on any atom is -0.494 e. The van der Waals surface area contributed by atoms with Gasteiger partial charge in [0.1, 0.15) is 24.1 Å². The predicted molar refractivity (Wildman–Crippen MR) is 339 cm³/mol. The quantitative estimate of drug-likeness (QED) is 0.0245. The molecule has 5 amide bonds. The highest BCUT2D eigenvalue weighted by molar-refractivity contribution is 7.14. The highest BCUT2D eigenvalue weighted by atomic mass is 35.5. The molecule has 1 aliphatic carbocycles. The summed E-state index contributed by atoms with van der Waals surface area (Å²) in [5, 5.41) is 19.5. The zero-order valence-corrected chi connectivity index (χ0v) is 53.1. The molecule has 0 radical (unpaired) electrons. The van der Waals surface area contributed by atoms with Crippen molar-refractivity contribution in [3.63, 3.8) is 0 Å². The number of hydrogen-bond donors (Lipinski definition) is 3. The van der Waals surface area contributed by atoms with Crippen LogP contribution < -0.4 is 25.4 Å². The molecule has 20 nitrogen and oxygen atoms in total. The summed E-state index contributed by atoms with van der Waals surface area (Å²) in [7, 11) is 4.09. The number of unbranched alkanes of at least 4 members (excludes halogenated alkanes) is 1. The van der Waals surface area contributed by atoms with Crippen LogP contribution in [0.15, 0.2) is 109 Å². The number of thiazole rings is 1. The van der Waals surface area contributed by atoms with E-state index in [0.717, 1.165) is 55.8 Å². The summed E-state index contributed by atoms with van der Waals surface area (Å²) >= 11 is 7.32. The van der Waals surface area contributed by atoms with E-state index in [9.17, 15) is 36.7 Å². The van der Waals surface area contributed by atoms with E-state index in [1.165, 1.54) is 40.5 Å². The van der Waals surface area contributed by atoms with Crippen LogP contribution in [0.5, 0.6) is 11.5 Å². The molecule has 0 spiro atoms. The van der Waals surface area contributed by atoms with Crippen molar-refractivity contribution in [2.24, 2.45) is 5.92 Å². The van der Waals surface area contributed by atoms with Gasteiger partial charge in [0.05, 0.1) is 70.6 Å². The van der Waals surface area contributed by atoms with Crippen molar-refractivity contribution in [1.29, 1.82) is 0 Å². The molecule has 2 unspecified atom stereocenters. The lowest BCUT2D eigenvalue weighted by atomic mass is 9.98. The van der Waals surface area contributed by atoms with Crippen LogP contribution in [0, 0.1) is 5.92 Å². The van der Waals surface area contributed by atoms with Crippen LogP contribution in [0.3, 0.4) is 0 Å². The zero-order valence-electron chi connectivity index (χ0n) is 51.6. The number of alkyl halides is 4. The molecule has 1 saturated heterocycles. The first-order chi connectivity index (χ1) is 44.0. The first kappa shape index (κ1) is 69.6. The fraction of sp³-hybridized carbons (Fsp3) is 0.492. The van der Waals surface area contributed by atoms with Crippen molar-refractivity contribution in [2.45, 2.75) is 89.3 Å². The summed E-state index contributed by atoms with van der Waals surface area (Å²) in [6, 6.07) is 24.7. The van der Waals surface area contributed by atoms with E-state index in [1.807, 2.05) is 49.5 Å². The number of carbonyl (C=O) groups excluding carboxylic acids is 4. The van der Waals surface area contributed by atoms with Crippen LogP contribution in [-0.4, -0.2) is 182 Å². The van der Waals surface area contributed by atoms with Crippen LogP contribution in [-0.2, 0) is 60.9 Å². The van der Waals surface area contributed by atoms with Gasteiger partial charge in [-0.15, -0.1) is 16.4 Å². The summed E-state index contributed by atoms with van der Waals surface area (Å²) in [5.41, 5.74) is 3.41. The third kappa shape index (κ3) is 24.1. The van der Waals surface area contributed by atoms with Gasteiger partial charge in [0.15, 0.2) is 5.13 Å². The van der Waals surface area contributed by atoms with E-state index >= 15 is 0 Å². The molecule has 2 aromatic heterocycles. The van der Waals surface area contributed by atoms with Crippen LogP contribution in [0.1, 0.15) is 84.6 Å². The van der Waals surface area contributed by atoms with Gasteiger partial charge in [0, 0.05) is 99.3 Å². The molecule has 8 rings (SSSR count). The van der Waals surface area contributed by atoms with Crippen LogP contribution in [0.25, 0.3) is 0 Å². The van der Waals surface area contributed by atoms with Crippen molar-refractivity contribution in [3.8, 4) is 11.5 Å². The number of benzene rings is 4. The molecule has 2 fully saturated rings.